The molecule has 0 unspecified atom stereocenters. The molecule has 5 rings (SSSR count). The van der Waals surface area contributed by atoms with Gasteiger partial charge in [-0.3, -0.25) is 19.3 Å². The van der Waals surface area contributed by atoms with Gasteiger partial charge in [0, 0.05) is 42.5 Å². The van der Waals surface area contributed by atoms with E-state index in [1.165, 1.54) is 17.7 Å². The number of hydrogen-bond acceptors (Lipinski definition) is 5. The molecule has 33 heavy (non-hydrogen) atoms. The Labute approximate surface area is 193 Å². The Hall–Kier alpha value is -3.13. The molecule has 0 spiro atoms. The molecule has 0 bridgehead atoms. The summed E-state index contributed by atoms with van der Waals surface area (Å²) in [4.78, 5) is 26.9. The zero-order chi connectivity index (χ0) is 22.9. The van der Waals surface area contributed by atoms with Crippen LogP contribution in [-0.4, -0.2) is 37.1 Å². The van der Waals surface area contributed by atoms with Gasteiger partial charge < -0.3 is 0 Å². The topological polar surface area (TPSA) is 67.2 Å². The van der Waals surface area contributed by atoms with Crippen LogP contribution in [0.25, 0.3) is 0 Å². The average molecular weight is 449 g/mol. The number of anilines is 1. The van der Waals surface area contributed by atoms with E-state index >= 15 is 0 Å². The highest BCUT2D eigenvalue weighted by atomic mass is 19.1. The highest BCUT2D eigenvalue weighted by Gasteiger charge is 2.33. The molecule has 1 atom stereocenters. The molecule has 4 heterocycles. The molecular formula is C25H29FN6O. The molecule has 1 saturated heterocycles. The molecule has 7 nitrogen and oxygen atoms in total. The van der Waals surface area contributed by atoms with E-state index in [1.807, 2.05) is 17.8 Å². The third-order valence-corrected chi connectivity index (χ3v) is 6.67. The zero-order valence-electron chi connectivity index (χ0n) is 19.2. The van der Waals surface area contributed by atoms with E-state index in [1.54, 1.807) is 17.0 Å². The van der Waals surface area contributed by atoms with E-state index in [4.69, 9.17) is 9.97 Å². The van der Waals surface area contributed by atoms with Crippen LogP contribution in [0, 0.1) is 12.7 Å². The molecule has 2 aliphatic rings. The SMILES string of the molecule is CCn1cc(CN2CCC[C@@H]2c2nc(C)c3c(n2)N(Cc2ccc(F)cc2)C(=O)CC3)cn1. The standard InChI is InChI=1S/C25H29FN6O/c1-3-31-15-19(13-27-31)14-30-12-4-5-22(30)24-28-17(2)21-10-11-23(33)32(25(21)29-24)16-18-6-8-20(26)9-7-18/h6-9,13,15,22H,3-5,10-12,14,16H2,1-2H3/t22-/m1/s1. The van der Waals surface area contributed by atoms with Gasteiger partial charge in [0.2, 0.25) is 5.91 Å². The quantitative estimate of drug-likeness (QED) is 0.571. The van der Waals surface area contributed by atoms with Crippen LogP contribution in [0.4, 0.5) is 10.2 Å². The summed E-state index contributed by atoms with van der Waals surface area (Å²) in [5, 5.41) is 4.40. The van der Waals surface area contributed by atoms with Crippen LogP contribution < -0.4 is 4.90 Å². The van der Waals surface area contributed by atoms with Crippen LogP contribution in [0.2, 0.25) is 0 Å². The Bertz CT molecular complexity index is 1160. The van der Waals surface area contributed by atoms with Crippen molar-refractivity contribution in [3.05, 3.63) is 70.7 Å². The third kappa shape index (κ3) is 4.39. The molecule has 0 saturated carbocycles. The minimum atomic E-state index is -0.282. The first-order chi connectivity index (χ1) is 16.0. The lowest BCUT2D eigenvalue weighted by Crippen LogP contribution is -2.37. The normalized spacial score (nSPS) is 18.7. The van der Waals surface area contributed by atoms with Crippen molar-refractivity contribution in [2.24, 2.45) is 0 Å². The molecule has 1 aromatic carbocycles. The summed E-state index contributed by atoms with van der Waals surface area (Å²) in [5.74, 6) is 1.26. The monoisotopic (exact) mass is 448 g/mol. The van der Waals surface area contributed by atoms with Crippen LogP contribution >= 0.6 is 0 Å². The maximum Gasteiger partial charge on any atom is 0.228 e. The van der Waals surface area contributed by atoms with Gasteiger partial charge in [-0.1, -0.05) is 12.1 Å². The van der Waals surface area contributed by atoms with Crippen LogP contribution in [-0.2, 0) is 30.8 Å². The lowest BCUT2D eigenvalue weighted by atomic mass is 10.0. The minimum Gasteiger partial charge on any atom is -0.292 e. The van der Waals surface area contributed by atoms with E-state index in [0.29, 0.717) is 25.2 Å². The minimum absolute atomic E-state index is 0.0473. The Morgan fingerprint density at radius 1 is 1.09 bits per heavy atom. The van der Waals surface area contributed by atoms with Gasteiger partial charge in [-0.2, -0.15) is 5.10 Å². The fourth-order valence-electron chi connectivity index (χ4n) is 4.89. The smallest absolute Gasteiger partial charge is 0.228 e. The molecule has 2 aliphatic heterocycles. The van der Waals surface area contributed by atoms with Crippen molar-refractivity contribution in [1.29, 1.82) is 0 Å². The number of rotatable bonds is 6. The van der Waals surface area contributed by atoms with Gasteiger partial charge in [0.25, 0.3) is 0 Å². The van der Waals surface area contributed by atoms with E-state index < -0.39 is 0 Å². The van der Waals surface area contributed by atoms with Gasteiger partial charge >= 0.3 is 0 Å². The molecule has 0 radical (unpaired) electrons. The molecule has 3 aromatic rings. The Morgan fingerprint density at radius 3 is 2.67 bits per heavy atom. The first-order valence-electron chi connectivity index (χ1n) is 11.7. The number of nitrogens with zero attached hydrogens (tertiary/aromatic N) is 6. The lowest BCUT2D eigenvalue weighted by Gasteiger charge is -2.31. The number of hydrogen-bond donors (Lipinski definition) is 0. The Balaban J connectivity index is 1.44. The van der Waals surface area contributed by atoms with Crippen LogP contribution in [0.3, 0.4) is 0 Å². The number of aryl methyl sites for hydroxylation is 2. The summed E-state index contributed by atoms with van der Waals surface area (Å²) >= 11 is 0. The number of aromatic nitrogens is 4. The molecule has 2 aromatic heterocycles. The predicted molar refractivity (Wildman–Crippen MR) is 123 cm³/mol. The second-order valence-corrected chi connectivity index (χ2v) is 8.91. The summed E-state index contributed by atoms with van der Waals surface area (Å²) in [7, 11) is 0. The van der Waals surface area contributed by atoms with Gasteiger partial charge in [-0.15, -0.1) is 0 Å². The second-order valence-electron chi connectivity index (χ2n) is 8.91. The van der Waals surface area contributed by atoms with Crippen molar-refractivity contribution in [2.75, 3.05) is 11.4 Å². The summed E-state index contributed by atoms with van der Waals surface area (Å²) in [6, 6.07) is 6.42. The number of carbonyl (C=O) groups is 1. The van der Waals surface area contributed by atoms with E-state index in [-0.39, 0.29) is 17.8 Å². The average Bonchev–Trinajstić information content (AvgIpc) is 3.46. The van der Waals surface area contributed by atoms with E-state index in [2.05, 4.69) is 23.1 Å². The third-order valence-electron chi connectivity index (χ3n) is 6.67. The summed E-state index contributed by atoms with van der Waals surface area (Å²) in [6.07, 6.45) is 7.20. The second kappa shape index (κ2) is 9.02. The van der Waals surface area contributed by atoms with Crippen molar-refractivity contribution >= 4 is 11.7 Å². The summed E-state index contributed by atoms with van der Waals surface area (Å²) in [5.41, 5.74) is 4.05. The number of likely N-dealkylation sites (tertiary alicyclic amines) is 1. The lowest BCUT2D eigenvalue weighted by molar-refractivity contribution is -0.119. The first kappa shape index (κ1) is 21.7. The number of benzene rings is 1. The Kier molecular flexibility index (Phi) is 5.93. The fourth-order valence-corrected chi connectivity index (χ4v) is 4.89. The molecule has 8 heteroatoms. The van der Waals surface area contributed by atoms with Crippen LogP contribution in [0.1, 0.15) is 60.4 Å². The summed E-state index contributed by atoms with van der Waals surface area (Å²) in [6.45, 7) is 7.13. The molecule has 0 N–H and O–H groups in total. The van der Waals surface area contributed by atoms with Gasteiger partial charge in [0.15, 0.2) is 0 Å². The molecule has 1 fully saturated rings. The maximum atomic E-state index is 13.4. The number of carbonyl (C=O) groups excluding carboxylic acids is 1. The number of halogens is 1. The van der Waals surface area contributed by atoms with Gasteiger partial charge in [-0.25, -0.2) is 14.4 Å². The van der Waals surface area contributed by atoms with E-state index in [9.17, 15) is 9.18 Å². The zero-order valence-corrected chi connectivity index (χ0v) is 19.2. The Morgan fingerprint density at radius 2 is 1.91 bits per heavy atom. The van der Waals surface area contributed by atoms with Gasteiger partial charge in [0.1, 0.15) is 17.5 Å². The van der Waals surface area contributed by atoms with Crippen molar-refractivity contribution in [3.63, 3.8) is 0 Å². The molecular weight excluding hydrogens is 419 g/mol. The fraction of sp³-hybridized carbons (Fsp3) is 0.440. The van der Waals surface area contributed by atoms with Crippen molar-refractivity contribution < 1.29 is 9.18 Å². The highest BCUT2D eigenvalue weighted by Crippen LogP contribution is 2.35. The molecule has 0 aliphatic carbocycles. The van der Waals surface area contributed by atoms with Crippen molar-refractivity contribution in [1.82, 2.24) is 24.6 Å². The largest absolute Gasteiger partial charge is 0.292 e. The van der Waals surface area contributed by atoms with E-state index in [0.717, 1.165) is 55.1 Å². The summed E-state index contributed by atoms with van der Waals surface area (Å²) < 4.78 is 15.3. The maximum absolute atomic E-state index is 13.4. The van der Waals surface area contributed by atoms with Gasteiger partial charge in [-0.05, 0) is 57.4 Å². The van der Waals surface area contributed by atoms with Crippen LogP contribution in [0.15, 0.2) is 36.7 Å². The molecule has 172 valence electrons. The highest BCUT2D eigenvalue weighted by molar-refractivity contribution is 5.95. The molecule has 1 amide bonds. The van der Waals surface area contributed by atoms with Crippen molar-refractivity contribution in [3.8, 4) is 0 Å². The number of amides is 1. The van der Waals surface area contributed by atoms with Gasteiger partial charge in [0.05, 0.1) is 18.8 Å². The first-order valence-corrected chi connectivity index (χ1v) is 11.7. The van der Waals surface area contributed by atoms with Crippen molar-refractivity contribution in [2.45, 2.75) is 65.2 Å². The number of fused-ring (bicyclic) bond motifs is 1. The van der Waals surface area contributed by atoms with Crippen LogP contribution in [0.5, 0.6) is 0 Å². The predicted octanol–water partition coefficient (Wildman–Crippen LogP) is 3.96.